The molecule has 0 spiro atoms. The predicted octanol–water partition coefficient (Wildman–Crippen LogP) is 2.76. The molecule has 0 saturated carbocycles. The van der Waals surface area contributed by atoms with Gasteiger partial charge in [-0.25, -0.2) is 4.98 Å². The molecular formula is C17H22N4O2S2. The summed E-state index contributed by atoms with van der Waals surface area (Å²) >= 11 is 2.69. The summed E-state index contributed by atoms with van der Waals surface area (Å²) in [5.41, 5.74) is -0.0500. The summed E-state index contributed by atoms with van der Waals surface area (Å²) in [4.78, 5) is 31.1. The van der Waals surface area contributed by atoms with Gasteiger partial charge in [0.05, 0.1) is 17.2 Å². The number of nitriles is 1. The van der Waals surface area contributed by atoms with Gasteiger partial charge in [-0.3, -0.25) is 14.2 Å². The number of thiophene rings is 1. The number of hydrogen-bond acceptors (Lipinski definition) is 6. The van der Waals surface area contributed by atoms with E-state index in [9.17, 15) is 14.9 Å². The number of aryl methyl sites for hydroxylation is 2. The fourth-order valence-corrected chi connectivity index (χ4v) is 4.08. The number of nitrogens with zero attached hydrogens (tertiary/aromatic N) is 3. The molecule has 134 valence electrons. The fourth-order valence-electron chi connectivity index (χ4n) is 2.24. The van der Waals surface area contributed by atoms with E-state index < -0.39 is 5.54 Å². The lowest BCUT2D eigenvalue weighted by molar-refractivity contribution is -0.120. The second kappa shape index (κ2) is 7.18. The highest BCUT2D eigenvalue weighted by atomic mass is 32.2. The maximum absolute atomic E-state index is 12.6. The van der Waals surface area contributed by atoms with Gasteiger partial charge in [0.25, 0.3) is 5.56 Å². The number of fused-ring (bicyclic) bond motifs is 1. The standard InChI is InChI=1S/C17H22N4O2S2/c1-9(2)17(5,8-18)20-12(22)7-24-16-19-14-13(15(23)21(16)6)10(3)11(4)25-14/h9H,7H2,1-6H3,(H,20,22)/t17-/m0/s1. The summed E-state index contributed by atoms with van der Waals surface area (Å²) in [5.74, 6) is -0.169. The van der Waals surface area contributed by atoms with Gasteiger partial charge >= 0.3 is 0 Å². The Hall–Kier alpha value is -1.85. The Kier molecular flexibility index (Phi) is 5.59. The Balaban J connectivity index is 2.22. The molecule has 1 N–H and O–H groups in total. The van der Waals surface area contributed by atoms with Gasteiger partial charge in [0.1, 0.15) is 10.4 Å². The van der Waals surface area contributed by atoms with Crippen molar-refractivity contribution in [2.45, 2.75) is 45.3 Å². The zero-order valence-electron chi connectivity index (χ0n) is 15.3. The van der Waals surface area contributed by atoms with E-state index in [1.165, 1.54) is 27.7 Å². The van der Waals surface area contributed by atoms with Crippen LogP contribution in [0.5, 0.6) is 0 Å². The van der Waals surface area contributed by atoms with Crippen LogP contribution in [0.2, 0.25) is 0 Å². The summed E-state index contributed by atoms with van der Waals surface area (Å²) in [7, 11) is 1.66. The molecule has 25 heavy (non-hydrogen) atoms. The van der Waals surface area contributed by atoms with Crippen molar-refractivity contribution in [2.24, 2.45) is 13.0 Å². The first-order valence-electron chi connectivity index (χ1n) is 7.92. The molecule has 2 rings (SSSR count). The number of aromatic nitrogens is 2. The molecule has 0 aliphatic rings. The monoisotopic (exact) mass is 378 g/mol. The average molecular weight is 379 g/mol. The molecule has 6 nitrogen and oxygen atoms in total. The van der Waals surface area contributed by atoms with Crippen LogP contribution in [0, 0.1) is 31.1 Å². The van der Waals surface area contributed by atoms with Crippen molar-refractivity contribution >= 4 is 39.2 Å². The smallest absolute Gasteiger partial charge is 0.262 e. The van der Waals surface area contributed by atoms with Crippen molar-refractivity contribution in [3.8, 4) is 6.07 Å². The van der Waals surface area contributed by atoms with Gasteiger partial charge in [0, 0.05) is 11.9 Å². The van der Waals surface area contributed by atoms with Crippen molar-refractivity contribution < 1.29 is 4.79 Å². The van der Waals surface area contributed by atoms with Crippen molar-refractivity contribution in [3.05, 3.63) is 20.8 Å². The quantitative estimate of drug-likeness (QED) is 0.638. The van der Waals surface area contributed by atoms with Crippen LogP contribution in [0.25, 0.3) is 10.2 Å². The van der Waals surface area contributed by atoms with E-state index >= 15 is 0 Å². The van der Waals surface area contributed by atoms with Gasteiger partial charge in [-0.2, -0.15) is 5.26 Å². The fraction of sp³-hybridized carbons (Fsp3) is 0.529. The third-order valence-corrected chi connectivity index (χ3v) is 6.62. The lowest BCUT2D eigenvalue weighted by atomic mass is 9.90. The second-order valence-electron chi connectivity index (χ2n) is 6.53. The summed E-state index contributed by atoms with van der Waals surface area (Å²) in [6.07, 6.45) is 0. The van der Waals surface area contributed by atoms with Gasteiger partial charge in [0.15, 0.2) is 5.16 Å². The minimum absolute atomic E-state index is 0.0117. The van der Waals surface area contributed by atoms with Gasteiger partial charge in [-0.05, 0) is 32.3 Å². The average Bonchev–Trinajstić information content (AvgIpc) is 2.83. The highest BCUT2D eigenvalue weighted by Gasteiger charge is 2.30. The molecule has 0 unspecified atom stereocenters. The summed E-state index contributed by atoms with van der Waals surface area (Å²) in [6.45, 7) is 9.37. The maximum atomic E-state index is 12.6. The molecule has 0 aromatic carbocycles. The molecule has 2 aromatic rings. The summed E-state index contributed by atoms with van der Waals surface area (Å²) in [6, 6.07) is 2.15. The van der Waals surface area contributed by atoms with E-state index in [1.807, 2.05) is 27.7 Å². The van der Waals surface area contributed by atoms with E-state index in [1.54, 1.807) is 14.0 Å². The number of carbonyl (C=O) groups excluding carboxylic acids is 1. The van der Waals surface area contributed by atoms with Crippen LogP contribution in [0.3, 0.4) is 0 Å². The van der Waals surface area contributed by atoms with Gasteiger partial charge in [-0.15, -0.1) is 11.3 Å². The third kappa shape index (κ3) is 3.72. The number of amides is 1. The molecule has 0 bridgehead atoms. The topological polar surface area (TPSA) is 87.8 Å². The molecule has 2 aromatic heterocycles. The lowest BCUT2D eigenvalue weighted by Crippen LogP contribution is -2.49. The molecule has 8 heteroatoms. The first-order chi connectivity index (χ1) is 11.6. The van der Waals surface area contributed by atoms with E-state index in [0.717, 1.165) is 10.4 Å². The van der Waals surface area contributed by atoms with Crippen LogP contribution in [0.4, 0.5) is 0 Å². The molecule has 1 atom stereocenters. The van der Waals surface area contributed by atoms with Crippen LogP contribution in [-0.4, -0.2) is 26.8 Å². The van der Waals surface area contributed by atoms with Crippen LogP contribution >= 0.6 is 23.1 Å². The van der Waals surface area contributed by atoms with Gasteiger partial charge in [0.2, 0.25) is 5.91 Å². The zero-order chi connectivity index (χ0) is 18.9. The largest absolute Gasteiger partial charge is 0.337 e. The first kappa shape index (κ1) is 19.5. The van der Waals surface area contributed by atoms with E-state index in [-0.39, 0.29) is 23.1 Å². The zero-order valence-corrected chi connectivity index (χ0v) is 16.9. The molecule has 0 aliphatic carbocycles. The molecule has 0 radical (unpaired) electrons. The van der Waals surface area contributed by atoms with Gasteiger partial charge < -0.3 is 5.32 Å². The minimum atomic E-state index is -0.914. The molecule has 0 fully saturated rings. The minimum Gasteiger partial charge on any atom is -0.337 e. The summed E-state index contributed by atoms with van der Waals surface area (Å²) in [5, 5.41) is 13.2. The van der Waals surface area contributed by atoms with Crippen molar-refractivity contribution in [1.82, 2.24) is 14.9 Å². The van der Waals surface area contributed by atoms with Crippen LogP contribution in [0.1, 0.15) is 31.2 Å². The third-order valence-electron chi connectivity index (χ3n) is 4.49. The van der Waals surface area contributed by atoms with Crippen LogP contribution in [0.15, 0.2) is 9.95 Å². The number of hydrogen-bond donors (Lipinski definition) is 1. The maximum Gasteiger partial charge on any atom is 0.262 e. The van der Waals surface area contributed by atoms with E-state index in [4.69, 9.17) is 0 Å². The van der Waals surface area contributed by atoms with Crippen molar-refractivity contribution in [1.29, 1.82) is 5.26 Å². The Morgan fingerprint density at radius 3 is 2.68 bits per heavy atom. The van der Waals surface area contributed by atoms with E-state index in [2.05, 4.69) is 16.4 Å². The Bertz CT molecular complexity index is 923. The number of carbonyl (C=O) groups is 1. The Morgan fingerprint density at radius 1 is 1.48 bits per heavy atom. The molecular weight excluding hydrogens is 356 g/mol. The lowest BCUT2D eigenvalue weighted by Gasteiger charge is -2.27. The van der Waals surface area contributed by atoms with Crippen LogP contribution in [-0.2, 0) is 11.8 Å². The molecule has 2 heterocycles. The molecule has 0 saturated heterocycles. The summed E-state index contributed by atoms with van der Waals surface area (Å²) < 4.78 is 1.48. The predicted molar refractivity (Wildman–Crippen MR) is 102 cm³/mol. The number of rotatable bonds is 5. The molecule has 0 aliphatic heterocycles. The number of nitrogens with one attached hydrogen (secondary N) is 1. The highest BCUT2D eigenvalue weighted by molar-refractivity contribution is 7.99. The second-order valence-corrected chi connectivity index (χ2v) is 8.67. The van der Waals surface area contributed by atoms with Crippen molar-refractivity contribution in [2.75, 3.05) is 5.75 Å². The van der Waals surface area contributed by atoms with E-state index in [0.29, 0.717) is 15.4 Å². The first-order valence-corrected chi connectivity index (χ1v) is 9.72. The van der Waals surface area contributed by atoms with Gasteiger partial charge in [-0.1, -0.05) is 25.6 Å². The normalized spacial score (nSPS) is 13.7. The highest BCUT2D eigenvalue weighted by Crippen LogP contribution is 2.28. The SMILES string of the molecule is Cc1sc2nc(SCC(=O)N[C@@](C)(C#N)C(C)C)n(C)c(=O)c2c1C. The van der Waals surface area contributed by atoms with Crippen LogP contribution < -0.4 is 10.9 Å². The Morgan fingerprint density at radius 2 is 2.12 bits per heavy atom. The number of thioether (sulfide) groups is 1. The Labute approximate surface area is 155 Å². The molecule has 1 amide bonds. The van der Waals surface area contributed by atoms with Crippen molar-refractivity contribution in [3.63, 3.8) is 0 Å².